The van der Waals surface area contributed by atoms with Crippen molar-refractivity contribution in [2.75, 3.05) is 18.4 Å². The van der Waals surface area contributed by atoms with Gasteiger partial charge in [0.2, 0.25) is 0 Å². The first-order chi connectivity index (χ1) is 7.83. The van der Waals surface area contributed by atoms with Gasteiger partial charge in [0.25, 0.3) is 0 Å². The molecule has 2 nitrogen and oxygen atoms in total. The summed E-state index contributed by atoms with van der Waals surface area (Å²) in [6.45, 7) is 4.42. The first-order valence-corrected chi connectivity index (χ1v) is 6.08. The predicted molar refractivity (Wildman–Crippen MR) is 67.7 cm³/mol. The van der Waals surface area contributed by atoms with E-state index in [1.165, 1.54) is 16.8 Å². The van der Waals surface area contributed by atoms with E-state index in [0.29, 0.717) is 12.0 Å². The van der Waals surface area contributed by atoms with Gasteiger partial charge in [0.1, 0.15) is 0 Å². The number of hydrogen-bond acceptors (Lipinski definition) is 2. The minimum absolute atomic E-state index is 0.507. The molecule has 2 heterocycles. The molecule has 2 aliphatic rings. The van der Waals surface area contributed by atoms with Gasteiger partial charge in [-0.3, -0.25) is 0 Å². The zero-order chi connectivity index (χ0) is 11.0. The second kappa shape index (κ2) is 3.95. The number of hydrogen-bond donors (Lipinski definition) is 2. The Morgan fingerprint density at radius 3 is 2.94 bits per heavy atom. The van der Waals surface area contributed by atoms with Crippen molar-refractivity contribution in [3.05, 3.63) is 41.5 Å². The summed E-state index contributed by atoms with van der Waals surface area (Å²) in [5.41, 5.74) is 4.29. The Kier molecular flexibility index (Phi) is 2.44. The summed E-state index contributed by atoms with van der Waals surface area (Å²) >= 11 is 0. The minimum Gasteiger partial charge on any atom is -0.378 e. The smallest absolute Gasteiger partial charge is 0.0527 e. The van der Waals surface area contributed by atoms with Gasteiger partial charge >= 0.3 is 0 Å². The van der Waals surface area contributed by atoms with Crippen LogP contribution in [-0.2, 0) is 6.42 Å². The summed E-state index contributed by atoms with van der Waals surface area (Å²) in [5.74, 6) is 0.661. The maximum absolute atomic E-state index is 3.62. The molecular formula is C14H18N2. The Balaban J connectivity index is 1.81. The van der Waals surface area contributed by atoms with Gasteiger partial charge in [0.05, 0.1) is 6.04 Å². The zero-order valence-corrected chi connectivity index (χ0v) is 9.66. The summed E-state index contributed by atoms with van der Waals surface area (Å²) in [6, 6.07) is 9.13. The fourth-order valence-electron chi connectivity index (χ4n) is 2.69. The summed E-state index contributed by atoms with van der Waals surface area (Å²) in [4.78, 5) is 0. The van der Waals surface area contributed by atoms with Crippen LogP contribution in [0.3, 0.4) is 0 Å². The molecule has 84 valence electrons. The molecule has 1 aromatic rings. The maximum Gasteiger partial charge on any atom is 0.0527 e. The van der Waals surface area contributed by atoms with Crippen LogP contribution < -0.4 is 10.6 Å². The van der Waals surface area contributed by atoms with E-state index in [9.17, 15) is 0 Å². The topological polar surface area (TPSA) is 24.1 Å². The Hall–Kier alpha value is -1.28. The molecule has 2 atom stereocenters. The molecule has 0 aliphatic carbocycles. The summed E-state index contributed by atoms with van der Waals surface area (Å²) in [5, 5.41) is 7.10. The van der Waals surface area contributed by atoms with Gasteiger partial charge in [0, 0.05) is 18.8 Å². The minimum atomic E-state index is 0.507. The van der Waals surface area contributed by atoms with Crippen molar-refractivity contribution >= 4 is 5.69 Å². The highest BCUT2D eigenvalue weighted by Gasteiger charge is 2.24. The van der Waals surface area contributed by atoms with Crippen molar-refractivity contribution in [2.45, 2.75) is 19.4 Å². The lowest BCUT2D eigenvalue weighted by molar-refractivity contribution is 0.564. The van der Waals surface area contributed by atoms with Crippen LogP contribution in [0.1, 0.15) is 12.5 Å². The fraction of sp³-hybridized carbons (Fsp3) is 0.429. The van der Waals surface area contributed by atoms with Crippen LogP contribution >= 0.6 is 0 Å². The lowest BCUT2D eigenvalue weighted by Crippen LogP contribution is -2.34. The fourth-order valence-corrected chi connectivity index (χ4v) is 2.69. The Morgan fingerprint density at radius 2 is 2.12 bits per heavy atom. The molecule has 0 fully saturated rings. The Morgan fingerprint density at radius 1 is 1.25 bits per heavy atom. The van der Waals surface area contributed by atoms with E-state index in [1.54, 1.807) is 0 Å². The monoisotopic (exact) mass is 214 g/mol. The predicted octanol–water partition coefficient (Wildman–Crippen LogP) is 2.19. The average Bonchev–Trinajstić information content (AvgIpc) is 2.72. The van der Waals surface area contributed by atoms with E-state index in [1.807, 2.05) is 0 Å². The average molecular weight is 214 g/mol. The van der Waals surface area contributed by atoms with Crippen molar-refractivity contribution in [3.8, 4) is 0 Å². The highest BCUT2D eigenvalue weighted by atomic mass is 15.0. The highest BCUT2D eigenvalue weighted by Crippen LogP contribution is 2.29. The van der Waals surface area contributed by atoms with Crippen molar-refractivity contribution in [1.82, 2.24) is 5.32 Å². The molecule has 0 amide bonds. The first-order valence-electron chi connectivity index (χ1n) is 6.08. The van der Waals surface area contributed by atoms with Crippen LogP contribution in [0.15, 0.2) is 35.9 Å². The lowest BCUT2D eigenvalue weighted by Gasteiger charge is -2.24. The van der Waals surface area contributed by atoms with Crippen LogP contribution in [0.5, 0.6) is 0 Å². The van der Waals surface area contributed by atoms with Gasteiger partial charge < -0.3 is 10.6 Å². The van der Waals surface area contributed by atoms with Gasteiger partial charge in [-0.25, -0.2) is 0 Å². The van der Waals surface area contributed by atoms with E-state index in [4.69, 9.17) is 0 Å². The van der Waals surface area contributed by atoms with Gasteiger partial charge in [-0.1, -0.05) is 31.2 Å². The van der Waals surface area contributed by atoms with Gasteiger partial charge in [-0.15, -0.1) is 0 Å². The standard InChI is InChI=1S/C14H18N2/c1-10-6-12(9-15-8-10)14-7-11-4-2-3-5-13(11)16-14/h2-6,10,14-16H,7-9H2,1H3/t10-,14?/m1/s1. The van der Waals surface area contributed by atoms with Crippen LogP contribution in [0.4, 0.5) is 5.69 Å². The third-order valence-electron chi connectivity index (χ3n) is 3.51. The second-order valence-electron chi connectivity index (χ2n) is 4.91. The molecule has 2 N–H and O–H groups in total. The molecule has 1 aromatic carbocycles. The van der Waals surface area contributed by atoms with E-state index in [2.05, 4.69) is 47.9 Å². The molecule has 0 bridgehead atoms. The summed E-state index contributed by atoms with van der Waals surface area (Å²) in [6.07, 6.45) is 3.57. The van der Waals surface area contributed by atoms with Crippen LogP contribution in [0.25, 0.3) is 0 Å². The number of rotatable bonds is 1. The summed E-state index contributed by atoms with van der Waals surface area (Å²) in [7, 11) is 0. The lowest BCUT2D eigenvalue weighted by atomic mass is 9.96. The number of fused-ring (bicyclic) bond motifs is 1. The molecule has 3 rings (SSSR count). The number of para-hydroxylation sites is 1. The quantitative estimate of drug-likeness (QED) is 0.700. The van der Waals surface area contributed by atoms with Gasteiger partial charge in [-0.05, 0) is 29.5 Å². The van der Waals surface area contributed by atoms with Crippen molar-refractivity contribution in [2.24, 2.45) is 5.92 Å². The highest BCUT2D eigenvalue weighted by molar-refractivity contribution is 5.58. The Bertz CT molecular complexity index is 397. The number of anilines is 1. The Labute approximate surface area is 96.7 Å². The van der Waals surface area contributed by atoms with Crippen LogP contribution in [0, 0.1) is 5.92 Å². The van der Waals surface area contributed by atoms with Crippen LogP contribution in [-0.4, -0.2) is 19.1 Å². The molecule has 0 spiro atoms. The second-order valence-corrected chi connectivity index (χ2v) is 4.91. The maximum atomic E-state index is 3.62. The van der Waals surface area contributed by atoms with E-state index in [-0.39, 0.29) is 0 Å². The molecule has 0 aromatic heterocycles. The van der Waals surface area contributed by atoms with Crippen molar-refractivity contribution in [1.29, 1.82) is 0 Å². The summed E-state index contributed by atoms with van der Waals surface area (Å²) < 4.78 is 0. The van der Waals surface area contributed by atoms with Crippen LogP contribution in [0.2, 0.25) is 0 Å². The number of benzene rings is 1. The number of nitrogens with one attached hydrogen (secondary N) is 2. The van der Waals surface area contributed by atoms with E-state index < -0.39 is 0 Å². The molecule has 1 unspecified atom stereocenters. The zero-order valence-electron chi connectivity index (χ0n) is 9.66. The normalized spacial score (nSPS) is 28.2. The van der Waals surface area contributed by atoms with Gasteiger partial charge in [0.15, 0.2) is 0 Å². The molecule has 16 heavy (non-hydrogen) atoms. The van der Waals surface area contributed by atoms with E-state index >= 15 is 0 Å². The molecule has 0 saturated carbocycles. The largest absolute Gasteiger partial charge is 0.378 e. The third-order valence-corrected chi connectivity index (χ3v) is 3.51. The SMILES string of the molecule is C[C@@H]1C=C(C2Cc3ccccc3N2)CNC1. The molecule has 2 aliphatic heterocycles. The molecule has 0 saturated heterocycles. The third kappa shape index (κ3) is 1.74. The van der Waals surface area contributed by atoms with Gasteiger partial charge in [-0.2, -0.15) is 0 Å². The van der Waals surface area contributed by atoms with E-state index in [0.717, 1.165) is 19.5 Å². The molecule has 2 heteroatoms. The molecular weight excluding hydrogens is 196 g/mol. The first kappa shape index (κ1) is 9.91. The molecule has 0 radical (unpaired) electrons. The van der Waals surface area contributed by atoms with Crippen molar-refractivity contribution in [3.63, 3.8) is 0 Å². The van der Waals surface area contributed by atoms with Crippen molar-refractivity contribution < 1.29 is 0 Å².